The molecule has 3 N–H and O–H groups in total. The van der Waals surface area contributed by atoms with Crippen LogP contribution in [0.3, 0.4) is 0 Å². The van der Waals surface area contributed by atoms with Crippen molar-refractivity contribution in [2.75, 3.05) is 17.7 Å². The molecule has 2 heterocycles. The summed E-state index contributed by atoms with van der Waals surface area (Å²) in [7, 11) is 0. The highest BCUT2D eigenvalue weighted by Crippen LogP contribution is 2.36. The Morgan fingerprint density at radius 3 is 3.07 bits per heavy atom. The number of aryl methyl sites for hydroxylation is 1. The van der Waals surface area contributed by atoms with E-state index in [4.69, 9.17) is 15.5 Å². The lowest BCUT2D eigenvalue weighted by atomic mass is 9.87. The molecule has 1 aliphatic carbocycles. The number of fused-ring (bicyclic) bond motifs is 2. The second-order valence-electron chi connectivity index (χ2n) is 7.05. The molecule has 5 nitrogen and oxygen atoms in total. The molecule has 27 heavy (non-hydrogen) atoms. The minimum atomic E-state index is -0.213. The van der Waals surface area contributed by atoms with Crippen LogP contribution in [-0.4, -0.2) is 17.5 Å². The number of pyridine rings is 1. The lowest BCUT2D eigenvalue weighted by molar-refractivity contribution is 0.103. The second kappa shape index (κ2) is 7.19. The number of carbonyl (C=O) groups excluding carboxylic acids is 1. The van der Waals surface area contributed by atoms with E-state index in [1.165, 1.54) is 16.9 Å². The van der Waals surface area contributed by atoms with Gasteiger partial charge in [-0.1, -0.05) is 13.0 Å². The number of nitrogens with two attached hydrogens (primary N) is 1. The van der Waals surface area contributed by atoms with Gasteiger partial charge in [0.05, 0.1) is 12.3 Å². The summed E-state index contributed by atoms with van der Waals surface area (Å²) < 4.78 is 5.49. The molecule has 3 aromatic rings. The van der Waals surface area contributed by atoms with Gasteiger partial charge in [-0.3, -0.25) is 4.79 Å². The first kappa shape index (κ1) is 17.8. The topological polar surface area (TPSA) is 77.2 Å². The van der Waals surface area contributed by atoms with Crippen LogP contribution in [0.2, 0.25) is 0 Å². The van der Waals surface area contributed by atoms with Crippen molar-refractivity contribution >= 4 is 38.8 Å². The number of anilines is 2. The molecular weight excluding hydrogens is 358 g/mol. The van der Waals surface area contributed by atoms with E-state index in [9.17, 15) is 4.79 Å². The fourth-order valence-corrected chi connectivity index (χ4v) is 4.55. The van der Waals surface area contributed by atoms with Crippen LogP contribution < -0.4 is 15.8 Å². The van der Waals surface area contributed by atoms with Crippen LogP contribution in [0.1, 0.15) is 41.2 Å². The maximum absolute atomic E-state index is 12.8. The van der Waals surface area contributed by atoms with E-state index in [2.05, 4.69) is 18.3 Å². The van der Waals surface area contributed by atoms with E-state index in [-0.39, 0.29) is 5.91 Å². The molecule has 1 atom stereocenters. The molecule has 1 aromatic carbocycles. The van der Waals surface area contributed by atoms with Gasteiger partial charge in [-0.15, -0.1) is 11.3 Å². The van der Waals surface area contributed by atoms with Crippen LogP contribution in [0.25, 0.3) is 10.2 Å². The number of nitrogen functional groups attached to an aromatic ring is 1. The minimum absolute atomic E-state index is 0.213. The molecular formula is C21H23N3O2S. The van der Waals surface area contributed by atoms with Crippen molar-refractivity contribution < 1.29 is 9.53 Å². The molecule has 140 valence electrons. The number of hydrogen-bond donors (Lipinski definition) is 2. The van der Waals surface area contributed by atoms with E-state index in [1.54, 1.807) is 0 Å². The van der Waals surface area contributed by atoms with Crippen LogP contribution in [-0.2, 0) is 12.8 Å². The van der Waals surface area contributed by atoms with Crippen molar-refractivity contribution in [2.45, 2.75) is 33.1 Å². The molecule has 0 bridgehead atoms. The first-order valence-corrected chi connectivity index (χ1v) is 10.1. The number of carbonyl (C=O) groups is 1. The van der Waals surface area contributed by atoms with Gasteiger partial charge in [0.1, 0.15) is 15.5 Å². The third kappa shape index (κ3) is 3.49. The van der Waals surface area contributed by atoms with Gasteiger partial charge in [0.15, 0.2) is 0 Å². The monoisotopic (exact) mass is 381 g/mol. The van der Waals surface area contributed by atoms with Crippen molar-refractivity contribution in [1.82, 2.24) is 4.98 Å². The average Bonchev–Trinajstić information content (AvgIpc) is 2.96. The van der Waals surface area contributed by atoms with Gasteiger partial charge >= 0.3 is 0 Å². The number of benzene rings is 1. The summed E-state index contributed by atoms with van der Waals surface area (Å²) in [6.45, 7) is 4.77. The Morgan fingerprint density at radius 1 is 1.41 bits per heavy atom. The molecule has 4 rings (SSSR count). The van der Waals surface area contributed by atoms with Crippen LogP contribution in [0, 0.1) is 5.92 Å². The van der Waals surface area contributed by atoms with Crippen molar-refractivity contribution in [3.05, 3.63) is 46.5 Å². The van der Waals surface area contributed by atoms with Crippen molar-refractivity contribution in [3.8, 4) is 5.75 Å². The SMILES string of the molecule is CCOc1cccc(NC(=O)c2sc3nc4c(cc3c2N)CC(C)CC4)c1. The smallest absolute Gasteiger partial charge is 0.267 e. The predicted octanol–water partition coefficient (Wildman–Crippen LogP) is 4.65. The Hall–Kier alpha value is -2.60. The number of nitrogens with zero attached hydrogens (tertiary/aromatic N) is 1. The van der Waals surface area contributed by atoms with E-state index in [0.29, 0.717) is 28.8 Å². The summed E-state index contributed by atoms with van der Waals surface area (Å²) in [5, 5.41) is 3.81. The quantitative estimate of drug-likeness (QED) is 0.689. The van der Waals surface area contributed by atoms with Gasteiger partial charge < -0.3 is 15.8 Å². The third-order valence-electron chi connectivity index (χ3n) is 4.94. The highest BCUT2D eigenvalue weighted by atomic mass is 32.1. The summed E-state index contributed by atoms with van der Waals surface area (Å²) in [6.07, 6.45) is 3.19. The summed E-state index contributed by atoms with van der Waals surface area (Å²) in [5.74, 6) is 1.18. The Balaban J connectivity index is 1.64. The highest BCUT2D eigenvalue weighted by Gasteiger charge is 2.22. The normalized spacial score (nSPS) is 16.1. The fraction of sp³-hybridized carbons (Fsp3) is 0.333. The molecule has 0 saturated heterocycles. The van der Waals surface area contributed by atoms with Gasteiger partial charge in [0, 0.05) is 22.8 Å². The van der Waals surface area contributed by atoms with Crippen LogP contribution >= 0.6 is 11.3 Å². The number of ether oxygens (including phenoxy) is 1. The van der Waals surface area contributed by atoms with Crippen LogP contribution in [0.15, 0.2) is 30.3 Å². The van der Waals surface area contributed by atoms with Gasteiger partial charge in [-0.25, -0.2) is 4.98 Å². The standard InChI is InChI=1S/C21H23N3O2S/c1-3-26-15-6-4-5-14(11-15)23-20(25)19-18(22)16-10-13-9-12(2)7-8-17(13)24-21(16)27-19/h4-6,10-12H,3,7-9,22H2,1-2H3,(H,23,25). The number of amides is 1. The number of nitrogens with one attached hydrogen (secondary N) is 1. The van der Waals surface area contributed by atoms with Crippen LogP contribution in [0.4, 0.5) is 11.4 Å². The molecule has 0 radical (unpaired) electrons. The predicted molar refractivity (Wildman–Crippen MR) is 111 cm³/mol. The number of aromatic nitrogens is 1. The Kier molecular flexibility index (Phi) is 4.74. The minimum Gasteiger partial charge on any atom is -0.494 e. The largest absolute Gasteiger partial charge is 0.494 e. The Labute approximate surface area is 162 Å². The summed E-state index contributed by atoms with van der Waals surface area (Å²) in [4.78, 5) is 18.9. The van der Waals surface area contributed by atoms with Crippen LogP contribution in [0.5, 0.6) is 5.75 Å². The van der Waals surface area contributed by atoms with E-state index in [0.717, 1.165) is 40.9 Å². The molecule has 1 unspecified atom stereocenters. The number of thiophene rings is 1. The summed E-state index contributed by atoms with van der Waals surface area (Å²) in [5.41, 5.74) is 9.94. The fourth-order valence-electron chi connectivity index (χ4n) is 3.56. The summed E-state index contributed by atoms with van der Waals surface area (Å²) in [6, 6.07) is 9.49. The first-order chi connectivity index (χ1) is 13.0. The third-order valence-corrected chi connectivity index (χ3v) is 6.06. The van der Waals surface area contributed by atoms with Gasteiger partial charge in [0.2, 0.25) is 0 Å². The average molecular weight is 382 g/mol. The molecule has 0 aliphatic heterocycles. The zero-order chi connectivity index (χ0) is 19.0. The van der Waals surface area contributed by atoms with E-state index in [1.807, 2.05) is 31.2 Å². The zero-order valence-corrected chi connectivity index (χ0v) is 16.4. The van der Waals surface area contributed by atoms with E-state index < -0.39 is 0 Å². The lowest BCUT2D eigenvalue weighted by Crippen LogP contribution is -2.13. The van der Waals surface area contributed by atoms with Crippen molar-refractivity contribution in [2.24, 2.45) is 5.92 Å². The highest BCUT2D eigenvalue weighted by molar-refractivity contribution is 7.21. The Morgan fingerprint density at radius 2 is 2.26 bits per heavy atom. The van der Waals surface area contributed by atoms with Crippen molar-refractivity contribution in [1.29, 1.82) is 0 Å². The number of rotatable bonds is 4. The first-order valence-electron chi connectivity index (χ1n) is 9.30. The zero-order valence-electron chi connectivity index (χ0n) is 15.5. The molecule has 6 heteroatoms. The molecule has 1 aliphatic rings. The second-order valence-corrected chi connectivity index (χ2v) is 8.05. The van der Waals surface area contributed by atoms with Gasteiger partial charge in [-0.05, 0) is 55.9 Å². The van der Waals surface area contributed by atoms with Gasteiger partial charge in [0.25, 0.3) is 5.91 Å². The Bertz CT molecular complexity index is 1010. The number of hydrogen-bond acceptors (Lipinski definition) is 5. The van der Waals surface area contributed by atoms with Gasteiger partial charge in [-0.2, -0.15) is 0 Å². The molecule has 0 saturated carbocycles. The van der Waals surface area contributed by atoms with Crippen molar-refractivity contribution in [3.63, 3.8) is 0 Å². The molecule has 0 fully saturated rings. The molecule has 0 spiro atoms. The van der Waals surface area contributed by atoms with E-state index >= 15 is 0 Å². The molecule has 1 amide bonds. The molecule has 2 aromatic heterocycles. The summed E-state index contributed by atoms with van der Waals surface area (Å²) >= 11 is 1.36. The maximum Gasteiger partial charge on any atom is 0.267 e. The maximum atomic E-state index is 12.8. The lowest BCUT2D eigenvalue weighted by Gasteiger charge is -2.20.